The number of nitrogen functional groups attached to an aromatic ring is 1. The van der Waals surface area contributed by atoms with E-state index in [-0.39, 0.29) is 11.7 Å². The number of hydrogen-bond acceptors (Lipinski definition) is 5. The third-order valence-corrected chi connectivity index (χ3v) is 5.97. The fourth-order valence-corrected chi connectivity index (χ4v) is 3.93. The lowest BCUT2D eigenvalue weighted by Gasteiger charge is -2.31. The van der Waals surface area contributed by atoms with Crippen LogP contribution >= 0.6 is 0 Å². The van der Waals surface area contributed by atoms with Gasteiger partial charge in [-0.25, -0.2) is 14.2 Å². The monoisotopic (exact) mass is 400 g/mol. The molecule has 1 aliphatic heterocycles. The number of rotatable bonds is 5. The second-order valence-electron chi connectivity index (χ2n) is 7.82. The van der Waals surface area contributed by atoms with Crippen molar-refractivity contribution < 1.29 is 19.0 Å². The van der Waals surface area contributed by atoms with Crippen LogP contribution in [0.15, 0.2) is 24.5 Å². The number of nitrogens with zero attached hydrogens (tertiary/aromatic N) is 3. The SMILES string of the molecule is Nc1cnc(-c2ccc(C3CCC3)c(OCC3CCN(C(=O)O)CC3)c2F)cn1. The maximum atomic E-state index is 15.5. The van der Waals surface area contributed by atoms with E-state index in [9.17, 15) is 4.79 Å². The van der Waals surface area contributed by atoms with Crippen molar-refractivity contribution in [1.29, 1.82) is 0 Å². The van der Waals surface area contributed by atoms with Crippen LogP contribution in [0.4, 0.5) is 15.0 Å². The zero-order valence-corrected chi connectivity index (χ0v) is 16.2. The summed E-state index contributed by atoms with van der Waals surface area (Å²) in [5, 5.41) is 9.08. The maximum absolute atomic E-state index is 15.5. The number of carbonyl (C=O) groups is 1. The molecular formula is C21H25FN4O3. The number of ether oxygens (including phenoxy) is 1. The minimum Gasteiger partial charge on any atom is -0.490 e. The second-order valence-corrected chi connectivity index (χ2v) is 7.82. The van der Waals surface area contributed by atoms with Crippen LogP contribution in [0.2, 0.25) is 0 Å². The first-order chi connectivity index (χ1) is 14.0. The number of likely N-dealkylation sites (tertiary alicyclic amines) is 1. The van der Waals surface area contributed by atoms with Gasteiger partial charge in [-0.1, -0.05) is 12.5 Å². The van der Waals surface area contributed by atoms with Crippen molar-refractivity contribution in [2.24, 2.45) is 5.92 Å². The second kappa shape index (κ2) is 8.23. The molecule has 8 heteroatoms. The first-order valence-corrected chi connectivity index (χ1v) is 10.0. The molecule has 0 atom stereocenters. The molecule has 3 N–H and O–H groups in total. The van der Waals surface area contributed by atoms with E-state index in [0.717, 1.165) is 37.7 Å². The largest absolute Gasteiger partial charge is 0.490 e. The standard InChI is InChI=1S/C21H25FN4O3/c22-19-16(17-10-25-18(23)11-24-17)5-4-15(14-2-1-3-14)20(19)29-12-13-6-8-26(9-7-13)21(27)28/h4-5,10-11,13-14H,1-3,6-9,12H2,(H2,23,25)(H,27,28). The Bertz CT molecular complexity index is 878. The van der Waals surface area contributed by atoms with Crippen molar-refractivity contribution >= 4 is 11.9 Å². The van der Waals surface area contributed by atoms with E-state index in [4.69, 9.17) is 15.6 Å². The van der Waals surface area contributed by atoms with Gasteiger partial charge in [-0.05, 0) is 43.6 Å². The van der Waals surface area contributed by atoms with Crippen LogP contribution in [0.1, 0.15) is 43.6 Å². The van der Waals surface area contributed by atoms with E-state index in [0.29, 0.717) is 42.6 Å². The molecule has 2 heterocycles. The summed E-state index contributed by atoms with van der Waals surface area (Å²) >= 11 is 0. The Labute approximate surface area is 168 Å². The lowest BCUT2D eigenvalue weighted by atomic mass is 9.79. The Morgan fingerprint density at radius 2 is 1.97 bits per heavy atom. The van der Waals surface area contributed by atoms with E-state index >= 15 is 4.39 Å². The van der Waals surface area contributed by atoms with Gasteiger partial charge in [0, 0.05) is 24.2 Å². The predicted octanol–water partition coefficient (Wildman–Crippen LogP) is 3.90. The van der Waals surface area contributed by atoms with Crippen LogP contribution in [-0.2, 0) is 0 Å². The number of nitrogens with two attached hydrogens (primary N) is 1. The Kier molecular flexibility index (Phi) is 5.51. The van der Waals surface area contributed by atoms with Gasteiger partial charge in [0.05, 0.1) is 24.7 Å². The zero-order chi connectivity index (χ0) is 20.4. The van der Waals surface area contributed by atoms with Crippen molar-refractivity contribution in [3.05, 3.63) is 35.9 Å². The Balaban J connectivity index is 1.54. The third kappa shape index (κ3) is 4.11. The van der Waals surface area contributed by atoms with Gasteiger partial charge < -0.3 is 20.5 Å². The molecule has 0 spiro atoms. The van der Waals surface area contributed by atoms with E-state index in [2.05, 4.69) is 9.97 Å². The van der Waals surface area contributed by atoms with Crippen LogP contribution in [0.25, 0.3) is 11.3 Å². The highest BCUT2D eigenvalue weighted by Gasteiger charge is 2.28. The molecule has 0 unspecified atom stereocenters. The van der Waals surface area contributed by atoms with E-state index in [1.807, 2.05) is 6.07 Å². The molecule has 1 saturated heterocycles. The summed E-state index contributed by atoms with van der Waals surface area (Å²) < 4.78 is 21.5. The first-order valence-electron chi connectivity index (χ1n) is 10.0. The molecule has 1 aromatic heterocycles. The number of carboxylic acid groups (broad SMARTS) is 1. The zero-order valence-electron chi connectivity index (χ0n) is 16.2. The van der Waals surface area contributed by atoms with E-state index < -0.39 is 11.9 Å². The van der Waals surface area contributed by atoms with Crippen molar-refractivity contribution in [3.63, 3.8) is 0 Å². The van der Waals surface area contributed by atoms with Gasteiger partial charge in [0.15, 0.2) is 11.6 Å². The Morgan fingerprint density at radius 1 is 1.21 bits per heavy atom. The highest BCUT2D eigenvalue weighted by atomic mass is 19.1. The number of benzene rings is 1. The van der Waals surface area contributed by atoms with E-state index in [1.54, 1.807) is 6.07 Å². The highest BCUT2D eigenvalue weighted by Crippen LogP contribution is 2.44. The van der Waals surface area contributed by atoms with Crippen LogP contribution in [0.5, 0.6) is 5.75 Å². The lowest BCUT2D eigenvalue weighted by molar-refractivity contribution is 0.110. The molecule has 0 radical (unpaired) electrons. The fraction of sp³-hybridized carbons (Fsp3) is 0.476. The van der Waals surface area contributed by atoms with Crippen LogP contribution in [0, 0.1) is 11.7 Å². The molecule has 2 fully saturated rings. The topological polar surface area (TPSA) is 102 Å². The summed E-state index contributed by atoms with van der Waals surface area (Å²) in [5.74, 6) is 0.687. The first kappa shape index (κ1) is 19.4. The summed E-state index contributed by atoms with van der Waals surface area (Å²) in [5.41, 5.74) is 7.25. The van der Waals surface area contributed by atoms with Gasteiger partial charge in [0.2, 0.25) is 0 Å². The molecule has 29 heavy (non-hydrogen) atoms. The van der Waals surface area contributed by atoms with Gasteiger partial charge >= 0.3 is 6.09 Å². The van der Waals surface area contributed by atoms with Crippen molar-refractivity contribution in [2.75, 3.05) is 25.4 Å². The molecule has 154 valence electrons. The summed E-state index contributed by atoms with van der Waals surface area (Å²) in [6.07, 6.45) is 6.63. The minimum absolute atomic E-state index is 0.208. The number of aromatic nitrogens is 2. The number of piperidine rings is 1. The molecule has 1 aromatic carbocycles. The predicted molar refractivity (Wildman–Crippen MR) is 106 cm³/mol. The van der Waals surface area contributed by atoms with Crippen LogP contribution in [0.3, 0.4) is 0 Å². The molecule has 7 nitrogen and oxygen atoms in total. The molecule has 1 aliphatic carbocycles. The summed E-state index contributed by atoms with van der Waals surface area (Å²) in [4.78, 5) is 20.7. The lowest BCUT2D eigenvalue weighted by Crippen LogP contribution is -2.38. The van der Waals surface area contributed by atoms with Gasteiger partial charge in [0.25, 0.3) is 0 Å². The third-order valence-electron chi connectivity index (χ3n) is 5.97. The van der Waals surface area contributed by atoms with Crippen molar-refractivity contribution in [1.82, 2.24) is 14.9 Å². The number of anilines is 1. The molecule has 0 bridgehead atoms. The fourth-order valence-electron chi connectivity index (χ4n) is 3.93. The molecule has 2 aromatic rings. The van der Waals surface area contributed by atoms with E-state index in [1.165, 1.54) is 17.3 Å². The number of hydrogen-bond donors (Lipinski definition) is 2. The average Bonchev–Trinajstić information content (AvgIpc) is 2.67. The number of halogens is 1. The van der Waals surface area contributed by atoms with Crippen molar-refractivity contribution in [2.45, 2.75) is 38.0 Å². The Morgan fingerprint density at radius 3 is 2.55 bits per heavy atom. The Hall–Kier alpha value is -2.90. The van der Waals surface area contributed by atoms with Crippen molar-refractivity contribution in [3.8, 4) is 17.0 Å². The summed E-state index contributed by atoms with van der Waals surface area (Å²) in [7, 11) is 0. The molecule has 1 saturated carbocycles. The highest BCUT2D eigenvalue weighted by molar-refractivity contribution is 5.65. The smallest absolute Gasteiger partial charge is 0.407 e. The summed E-state index contributed by atoms with van der Waals surface area (Å²) in [6.45, 7) is 1.35. The minimum atomic E-state index is -0.889. The molecular weight excluding hydrogens is 375 g/mol. The van der Waals surface area contributed by atoms with Gasteiger partial charge in [0.1, 0.15) is 5.82 Å². The van der Waals surface area contributed by atoms with Crippen LogP contribution < -0.4 is 10.5 Å². The molecule has 2 aliphatic rings. The summed E-state index contributed by atoms with van der Waals surface area (Å²) in [6, 6.07) is 3.67. The normalized spacial score (nSPS) is 17.8. The molecule has 4 rings (SSSR count). The average molecular weight is 400 g/mol. The molecule has 1 amide bonds. The van der Waals surface area contributed by atoms with Gasteiger partial charge in [-0.2, -0.15) is 0 Å². The quantitative estimate of drug-likeness (QED) is 0.789. The maximum Gasteiger partial charge on any atom is 0.407 e. The van der Waals surface area contributed by atoms with Gasteiger partial charge in [-0.3, -0.25) is 4.98 Å². The van der Waals surface area contributed by atoms with Crippen LogP contribution in [-0.4, -0.2) is 45.8 Å². The number of amides is 1. The van der Waals surface area contributed by atoms with Gasteiger partial charge in [-0.15, -0.1) is 0 Å².